The van der Waals surface area contributed by atoms with Gasteiger partial charge in [-0.1, -0.05) is 17.3 Å². The quantitative estimate of drug-likeness (QED) is 0.659. The normalized spacial score (nSPS) is 15.1. The number of carbonyl (C=O) groups is 1. The van der Waals surface area contributed by atoms with Crippen LogP contribution >= 0.6 is 11.3 Å². The molecule has 1 fully saturated rings. The van der Waals surface area contributed by atoms with Crippen LogP contribution in [0.3, 0.4) is 0 Å². The zero-order chi connectivity index (χ0) is 19.5. The second-order valence-electron chi connectivity index (χ2n) is 6.92. The van der Waals surface area contributed by atoms with Crippen LogP contribution in [0.25, 0.3) is 10.6 Å². The molecule has 146 valence electrons. The molecule has 3 aromatic rings. The molecule has 6 nitrogen and oxygen atoms in total. The van der Waals surface area contributed by atoms with Crippen LogP contribution in [0.5, 0.6) is 0 Å². The molecule has 4 rings (SSSR count). The molecule has 0 spiro atoms. The fraction of sp³-hybridized carbons (Fsp3) is 0.350. The second-order valence-corrected chi connectivity index (χ2v) is 7.78. The monoisotopic (exact) mass is 400 g/mol. The maximum absolute atomic E-state index is 13.4. The first-order valence-corrected chi connectivity index (χ1v) is 10.1. The number of nitrogens with zero attached hydrogens (tertiary/aromatic N) is 4. The third-order valence-electron chi connectivity index (χ3n) is 4.74. The Balaban J connectivity index is 1.30. The number of aromatic nitrogens is 2. The lowest BCUT2D eigenvalue weighted by Gasteiger charge is -2.34. The zero-order valence-electron chi connectivity index (χ0n) is 15.6. The van der Waals surface area contributed by atoms with E-state index in [-0.39, 0.29) is 18.1 Å². The topological polar surface area (TPSA) is 62.5 Å². The van der Waals surface area contributed by atoms with Crippen molar-refractivity contribution in [2.24, 2.45) is 0 Å². The van der Waals surface area contributed by atoms with E-state index in [0.717, 1.165) is 40.8 Å². The number of halogens is 1. The van der Waals surface area contributed by atoms with Gasteiger partial charge in [0.1, 0.15) is 10.8 Å². The highest BCUT2D eigenvalue weighted by atomic mass is 32.1. The molecule has 1 amide bonds. The Labute approximate surface area is 166 Å². The summed E-state index contributed by atoms with van der Waals surface area (Å²) in [6.07, 6.45) is 0.271. The Kier molecular flexibility index (Phi) is 5.50. The number of hydrogen-bond donors (Lipinski definition) is 0. The molecule has 0 bridgehead atoms. The third-order valence-corrected chi connectivity index (χ3v) is 5.68. The van der Waals surface area contributed by atoms with Crippen LogP contribution in [0.4, 0.5) is 4.39 Å². The lowest BCUT2D eigenvalue weighted by Crippen LogP contribution is -2.48. The van der Waals surface area contributed by atoms with E-state index in [9.17, 15) is 9.18 Å². The van der Waals surface area contributed by atoms with Gasteiger partial charge in [0.05, 0.1) is 24.4 Å². The molecule has 0 N–H and O–H groups in total. The van der Waals surface area contributed by atoms with Crippen LogP contribution < -0.4 is 0 Å². The summed E-state index contributed by atoms with van der Waals surface area (Å²) < 4.78 is 18.6. The Bertz CT molecular complexity index is 963. The average molecular weight is 400 g/mol. The number of hydrogen-bond acceptors (Lipinski definition) is 6. The van der Waals surface area contributed by atoms with E-state index >= 15 is 0 Å². The number of aryl methyl sites for hydroxylation is 1. The molecule has 0 aliphatic carbocycles. The first-order valence-electron chi connectivity index (χ1n) is 9.19. The van der Waals surface area contributed by atoms with Gasteiger partial charge in [0.2, 0.25) is 5.91 Å². The SMILES string of the molecule is Cc1cc(CN2CCN(C(=O)Cc3csc(-c4cccc(F)c4)n3)CC2)on1. The van der Waals surface area contributed by atoms with Crippen LogP contribution in [0.1, 0.15) is 17.1 Å². The lowest BCUT2D eigenvalue weighted by atomic mass is 10.2. The van der Waals surface area contributed by atoms with E-state index in [0.29, 0.717) is 19.6 Å². The third kappa shape index (κ3) is 4.45. The number of benzene rings is 1. The summed E-state index contributed by atoms with van der Waals surface area (Å²) in [7, 11) is 0. The van der Waals surface area contributed by atoms with Gasteiger partial charge in [-0.3, -0.25) is 9.69 Å². The minimum atomic E-state index is -0.288. The molecule has 2 aromatic heterocycles. The zero-order valence-corrected chi connectivity index (χ0v) is 16.4. The second kappa shape index (κ2) is 8.20. The summed E-state index contributed by atoms with van der Waals surface area (Å²) in [6, 6.07) is 8.29. The number of carbonyl (C=O) groups excluding carboxylic acids is 1. The van der Waals surface area contributed by atoms with Crippen molar-refractivity contribution in [3.8, 4) is 10.6 Å². The van der Waals surface area contributed by atoms with Crippen molar-refractivity contribution in [3.63, 3.8) is 0 Å². The highest BCUT2D eigenvalue weighted by molar-refractivity contribution is 7.13. The molecule has 3 heterocycles. The molecule has 28 heavy (non-hydrogen) atoms. The van der Waals surface area contributed by atoms with Gasteiger partial charge >= 0.3 is 0 Å². The summed E-state index contributed by atoms with van der Waals surface area (Å²) in [5.74, 6) is 0.638. The van der Waals surface area contributed by atoms with Crippen molar-refractivity contribution in [3.05, 3.63) is 58.7 Å². The molecule has 1 aromatic carbocycles. The van der Waals surface area contributed by atoms with E-state index in [4.69, 9.17) is 4.52 Å². The van der Waals surface area contributed by atoms with E-state index in [1.807, 2.05) is 29.3 Å². The maximum atomic E-state index is 13.4. The molecule has 8 heteroatoms. The molecule has 1 aliphatic rings. The first-order chi connectivity index (χ1) is 13.6. The van der Waals surface area contributed by atoms with Gasteiger partial charge in [0, 0.05) is 43.2 Å². The summed E-state index contributed by atoms with van der Waals surface area (Å²) in [4.78, 5) is 21.3. The van der Waals surface area contributed by atoms with E-state index in [1.165, 1.54) is 23.5 Å². The standard InChI is InChI=1S/C20H21FN4O2S/c1-14-9-18(27-23-14)12-24-5-7-25(8-6-24)19(26)11-17-13-28-20(22-17)15-3-2-4-16(21)10-15/h2-4,9-10,13H,5-8,11-12H2,1H3. The van der Waals surface area contributed by atoms with Crippen molar-refractivity contribution >= 4 is 17.2 Å². The van der Waals surface area contributed by atoms with Crippen molar-refractivity contribution in [2.75, 3.05) is 26.2 Å². The summed E-state index contributed by atoms with van der Waals surface area (Å²) >= 11 is 1.43. The van der Waals surface area contributed by atoms with Gasteiger partial charge in [-0.25, -0.2) is 9.37 Å². The van der Waals surface area contributed by atoms with Gasteiger partial charge < -0.3 is 9.42 Å². The van der Waals surface area contributed by atoms with E-state index < -0.39 is 0 Å². The van der Waals surface area contributed by atoms with Crippen LogP contribution in [0, 0.1) is 12.7 Å². The van der Waals surface area contributed by atoms with Crippen LogP contribution in [-0.2, 0) is 17.8 Å². The number of amides is 1. The minimum Gasteiger partial charge on any atom is -0.360 e. The largest absolute Gasteiger partial charge is 0.360 e. The van der Waals surface area contributed by atoms with Crippen molar-refractivity contribution in [1.82, 2.24) is 19.9 Å². The molecular weight excluding hydrogens is 379 g/mol. The molecule has 0 saturated carbocycles. The number of piperazine rings is 1. The highest BCUT2D eigenvalue weighted by Gasteiger charge is 2.22. The minimum absolute atomic E-state index is 0.0752. The molecular formula is C20H21FN4O2S. The maximum Gasteiger partial charge on any atom is 0.228 e. The smallest absolute Gasteiger partial charge is 0.228 e. The van der Waals surface area contributed by atoms with Gasteiger partial charge in [-0.15, -0.1) is 11.3 Å². The van der Waals surface area contributed by atoms with Crippen molar-refractivity contribution in [2.45, 2.75) is 19.9 Å². The van der Waals surface area contributed by atoms with Gasteiger partial charge in [-0.2, -0.15) is 0 Å². The van der Waals surface area contributed by atoms with Gasteiger partial charge in [0.15, 0.2) is 5.76 Å². The van der Waals surface area contributed by atoms with Gasteiger partial charge in [-0.05, 0) is 19.1 Å². The number of rotatable bonds is 5. The van der Waals surface area contributed by atoms with Crippen molar-refractivity contribution in [1.29, 1.82) is 0 Å². The predicted molar refractivity (Wildman–Crippen MR) is 104 cm³/mol. The van der Waals surface area contributed by atoms with Crippen LogP contribution in [-0.4, -0.2) is 52.0 Å². The fourth-order valence-corrected chi connectivity index (χ4v) is 4.09. The Hall–Kier alpha value is -2.58. The lowest BCUT2D eigenvalue weighted by molar-refractivity contribution is -0.132. The van der Waals surface area contributed by atoms with E-state index in [1.54, 1.807) is 6.07 Å². The van der Waals surface area contributed by atoms with Crippen LogP contribution in [0.15, 0.2) is 40.2 Å². The van der Waals surface area contributed by atoms with E-state index in [2.05, 4.69) is 15.0 Å². The molecule has 0 unspecified atom stereocenters. The summed E-state index contributed by atoms with van der Waals surface area (Å²) in [5.41, 5.74) is 2.35. The Morgan fingerprint density at radius 1 is 1.25 bits per heavy atom. The Morgan fingerprint density at radius 2 is 2.07 bits per heavy atom. The molecule has 1 aliphatic heterocycles. The van der Waals surface area contributed by atoms with Crippen molar-refractivity contribution < 1.29 is 13.7 Å². The molecule has 1 saturated heterocycles. The number of thiazole rings is 1. The summed E-state index contributed by atoms with van der Waals surface area (Å²) in [5, 5.41) is 6.51. The highest BCUT2D eigenvalue weighted by Crippen LogP contribution is 2.24. The average Bonchev–Trinajstić information content (AvgIpc) is 3.31. The molecule has 0 radical (unpaired) electrons. The fourth-order valence-electron chi connectivity index (χ4n) is 3.28. The molecule has 0 atom stereocenters. The van der Waals surface area contributed by atoms with Gasteiger partial charge in [0.25, 0.3) is 0 Å². The Morgan fingerprint density at radius 3 is 2.79 bits per heavy atom. The van der Waals surface area contributed by atoms with Crippen LogP contribution in [0.2, 0.25) is 0 Å². The summed E-state index contributed by atoms with van der Waals surface area (Å²) in [6.45, 7) is 5.60. The predicted octanol–water partition coefficient (Wildman–Crippen LogP) is 3.13. The first kappa shape index (κ1) is 18.8.